The number of halogens is 1. The first kappa shape index (κ1) is 35.5. The van der Waals surface area contributed by atoms with Crippen molar-refractivity contribution in [2.24, 2.45) is 5.92 Å². The van der Waals surface area contributed by atoms with E-state index >= 15 is 0 Å². The van der Waals surface area contributed by atoms with E-state index in [-0.39, 0.29) is 42.9 Å². The number of carbonyl (C=O) groups excluding carboxylic acids is 4. The van der Waals surface area contributed by atoms with Crippen molar-refractivity contribution in [1.29, 1.82) is 0 Å². The second-order valence-corrected chi connectivity index (χ2v) is 15.8. The molecule has 4 amide bonds. The van der Waals surface area contributed by atoms with Crippen molar-refractivity contribution >= 4 is 44.7 Å². The molecule has 15 nitrogen and oxygen atoms in total. The number of benzene rings is 1. The molecule has 4 heterocycles. The first-order valence-electron chi connectivity index (χ1n) is 17.7. The lowest BCUT2D eigenvalue weighted by molar-refractivity contribution is -0.141. The third-order valence-electron chi connectivity index (χ3n) is 10.1. The van der Waals surface area contributed by atoms with Gasteiger partial charge in [0.2, 0.25) is 27.7 Å². The molecule has 3 fully saturated rings. The van der Waals surface area contributed by atoms with Crippen LogP contribution in [0, 0.1) is 11.7 Å². The largest absolute Gasteiger partial charge is 0.471 e. The Bertz CT molecular complexity index is 2020. The highest BCUT2D eigenvalue weighted by Gasteiger charge is 2.62. The molecule has 2 aliphatic heterocycles. The highest BCUT2D eigenvalue weighted by atomic mass is 32.2. The van der Waals surface area contributed by atoms with Crippen molar-refractivity contribution in [3.8, 4) is 5.88 Å². The molecule has 52 heavy (non-hydrogen) atoms. The number of aromatic nitrogens is 3. The van der Waals surface area contributed by atoms with Crippen molar-refractivity contribution in [2.45, 2.75) is 100 Å². The van der Waals surface area contributed by atoms with Gasteiger partial charge in [-0.2, -0.15) is 0 Å². The number of hydrogen-bond acceptors (Lipinski definition) is 11. The number of fused-ring (bicyclic) bond motifs is 3. The standard InChI is InChI=1S/C35H40FN7O8S/c1-2-24-32(39-28-16-21(36)10-13-25(28)37-24)51-22-17-29-31(45)40-35(34(47)42-52(48,49)23-11-12-23)18-20(35)8-6-4-3-5-7-9-27(33(46)43(29)19-22)38-30(44)26-14-15-50-41-26/h6,8,10,13-16,20,22-23,27,29H,2-5,7,9,11-12,17-19H2,1H3,(H,38,44)(H,40,45)(H,42,47)/b8-6-/t20-,22-,27+,29+,35-/m1/s1. The van der Waals surface area contributed by atoms with Gasteiger partial charge in [0.1, 0.15) is 41.5 Å². The van der Waals surface area contributed by atoms with Crippen molar-refractivity contribution < 1.29 is 41.2 Å². The second kappa shape index (κ2) is 14.2. The average Bonchev–Trinajstić information content (AvgIpc) is 3.98. The van der Waals surface area contributed by atoms with E-state index in [2.05, 4.69) is 30.5 Å². The lowest BCUT2D eigenvalue weighted by Gasteiger charge is -2.29. The van der Waals surface area contributed by atoms with E-state index < -0.39 is 74.4 Å². The van der Waals surface area contributed by atoms with E-state index in [1.54, 1.807) is 0 Å². The molecule has 3 N–H and O–H groups in total. The lowest BCUT2D eigenvalue weighted by atomic mass is 10.0. The van der Waals surface area contributed by atoms with Crippen molar-refractivity contribution in [1.82, 2.24) is 35.4 Å². The fourth-order valence-corrected chi connectivity index (χ4v) is 8.30. The van der Waals surface area contributed by atoms with Gasteiger partial charge in [-0.25, -0.2) is 22.8 Å². The van der Waals surface area contributed by atoms with Crippen molar-refractivity contribution in [2.75, 3.05) is 6.54 Å². The van der Waals surface area contributed by atoms with Crippen LogP contribution in [-0.4, -0.2) is 87.6 Å². The first-order chi connectivity index (χ1) is 25.0. The molecule has 2 aliphatic carbocycles. The number of aryl methyl sites for hydroxylation is 1. The van der Waals surface area contributed by atoms with Gasteiger partial charge in [0.05, 0.1) is 22.8 Å². The zero-order chi connectivity index (χ0) is 36.6. The third kappa shape index (κ3) is 7.36. The number of rotatable bonds is 8. The summed E-state index contributed by atoms with van der Waals surface area (Å²) in [6.07, 6.45) is 8.75. The summed E-state index contributed by atoms with van der Waals surface area (Å²) in [5, 5.41) is 8.62. The molecule has 3 aromatic rings. The van der Waals surface area contributed by atoms with Gasteiger partial charge in [0, 0.05) is 24.5 Å². The Hall–Kier alpha value is -4.93. The molecule has 4 aliphatic rings. The first-order valence-corrected chi connectivity index (χ1v) is 19.2. The number of nitrogens with one attached hydrogen (secondary N) is 3. The predicted molar refractivity (Wildman–Crippen MR) is 182 cm³/mol. The number of hydrogen-bond donors (Lipinski definition) is 3. The topological polar surface area (TPSA) is 203 Å². The average molecular weight is 738 g/mol. The minimum Gasteiger partial charge on any atom is -0.471 e. The number of allylic oxidation sites excluding steroid dienone is 1. The van der Waals surface area contributed by atoms with Crippen LogP contribution in [0.2, 0.25) is 0 Å². The van der Waals surface area contributed by atoms with E-state index in [4.69, 9.17) is 9.26 Å². The van der Waals surface area contributed by atoms with Gasteiger partial charge in [-0.05, 0) is 57.1 Å². The Morgan fingerprint density at radius 1 is 1.12 bits per heavy atom. The highest BCUT2D eigenvalue weighted by Crippen LogP contribution is 2.46. The summed E-state index contributed by atoms with van der Waals surface area (Å²) in [6.45, 7) is 1.77. The van der Waals surface area contributed by atoms with Crippen LogP contribution in [0.25, 0.3) is 11.0 Å². The SMILES string of the molecule is CCc1nc2ccc(F)cc2nc1O[C@@H]1C[C@H]2C(=O)N[C@]3(C(=O)NS(=O)(=O)C4CC4)C[C@H]3/C=C\CCCCC[C@H](NC(=O)c3ccon3)C(=O)N2C1. The van der Waals surface area contributed by atoms with Gasteiger partial charge in [-0.3, -0.25) is 23.9 Å². The predicted octanol–water partition coefficient (Wildman–Crippen LogP) is 2.47. The Balaban J connectivity index is 1.20. The molecular formula is C35H40FN7O8S. The molecule has 7 rings (SSSR count). The fourth-order valence-electron chi connectivity index (χ4n) is 6.94. The van der Waals surface area contributed by atoms with Crippen LogP contribution < -0.4 is 20.1 Å². The molecular weight excluding hydrogens is 697 g/mol. The molecule has 5 atom stereocenters. The maximum atomic E-state index is 14.4. The van der Waals surface area contributed by atoms with E-state index in [0.29, 0.717) is 43.3 Å². The second-order valence-electron chi connectivity index (χ2n) is 13.9. The summed E-state index contributed by atoms with van der Waals surface area (Å²) in [6, 6.07) is 3.21. The van der Waals surface area contributed by atoms with Crippen LogP contribution in [0.3, 0.4) is 0 Å². The van der Waals surface area contributed by atoms with Crippen LogP contribution in [0.5, 0.6) is 5.88 Å². The zero-order valence-electron chi connectivity index (χ0n) is 28.5. The van der Waals surface area contributed by atoms with E-state index in [1.807, 2.05) is 19.1 Å². The summed E-state index contributed by atoms with van der Waals surface area (Å²) < 4.78 is 53.0. The van der Waals surface area contributed by atoms with E-state index in [1.165, 1.54) is 35.4 Å². The minimum absolute atomic E-state index is 0.0157. The molecule has 17 heteroatoms. The van der Waals surface area contributed by atoms with Gasteiger partial charge in [0.25, 0.3) is 11.8 Å². The molecule has 276 valence electrons. The van der Waals surface area contributed by atoms with Gasteiger partial charge in [0.15, 0.2) is 5.69 Å². The Morgan fingerprint density at radius 3 is 2.69 bits per heavy atom. The third-order valence-corrected chi connectivity index (χ3v) is 11.9. The number of nitrogens with zero attached hydrogens (tertiary/aromatic N) is 4. The molecule has 0 bridgehead atoms. The number of amides is 4. The van der Waals surface area contributed by atoms with Crippen LogP contribution >= 0.6 is 0 Å². The zero-order valence-corrected chi connectivity index (χ0v) is 29.4. The molecule has 0 spiro atoms. The molecule has 0 unspecified atom stereocenters. The number of ether oxygens (including phenoxy) is 1. The van der Waals surface area contributed by atoms with Gasteiger partial charge in [-0.15, -0.1) is 0 Å². The minimum atomic E-state index is -3.91. The highest BCUT2D eigenvalue weighted by molar-refractivity contribution is 7.91. The van der Waals surface area contributed by atoms with E-state index in [9.17, 15) is 32.0 Å². The van der Waals surface area contributed by atoms with Gasteiger partial charge in [-0.1, -0.05) is 37.1 Å². The monoisotopic (exact) mass is 737 g/mol. The lowest BCUT2D eigenvalue weighted by Crippen LogP contribution is -2.58. The molecule has 2 saturated carbocycles. The van der Waals surface area contributed by atoms with E-state index in [0.717, 1.165) is 12.8 Å². The Kier molecular flexibility index (Phi) is 9.71. The Morgan fingerprint density at radius 2 is 1.94 bits per heavy atom. The summed E-state index contributed by atoms with van der Waals surface area (Å²) in [4.78, 5) is 65.9. The normalized spacial score (nSPS) is 27.4. The van der Waals surface area contributed by atoms with Gasteiger partial charge >= 0.3 is 0 Å². The maximum absolute atomic E-state index is 14.4. The van der Waals surface area contributed by atoms with Crippen LogP contribution in [0.15, 0.2) is 47.2 Å². The molecule has 1 aromatic carbocycles. The number of sulfonamides is 1. The van der Waals surface area contributed by atoms with Crippen LogP contribution in [-0.2, 0) is 30.8 Å². The van der Waals surface area contributed by atoms with Crippen LogP contribution in [0.4, 0.5) is 4.39 Å². The fraction of sp³-hybridized carbons (Fsp3) is 0.514. The summed E-state index contributed by atoms with van der Waals surface area (Å²) in [5.74, 6) is -3.48. The summed E-state index contributed by atoms with van der Waals surface area (Å²) in [7, 11) is -3.91. The molecule has 0 radical (unpaired) electrons. The van der Waals surface area contributed by atoms with Crippen molar-refractivity contribution in [3.63, 3.8) is 0 Å². The quantitative estimate of drug-likeness (QED) is 0.287. The summed E-state index contributed by atoms with van der Waals surface area (Å²) >= 11 is 0. The molecule has 1 saturated heterocycles. The van der Waals surface area contributed by atoms with Gasteiger partial charge < -0.3 is 24.8 Å². The smallest absolute Gasteiger partial charge is 0.274 e. The summed E-state index contributed by atoms with van der Waals surface area (Å²) in [5.41, 5.74) is -0.306. The van der Waals surface area contributed by atoms with Crippen LogP contribution in [0.1, 0.15) is 80.9 Å². The number of carbonyl (C=O) groups is 4. The Labute approximate surface area is 299 Å². The molecule has 2 aromatic heterocycles. The van der Waals surface area contributed by atoms with Crippen molar-refractivity contribution in [3.05, 3.63) is 59.9 Å². The maximum Gasteiger partial charge on any atom is 0.274 e.